The highest BCUT2D eigenvalue weighted by atomic mass is 14.9. The van der Waals surface area contributed by atoms with E-state index in [2.05, 4.69) is 50.0 Å². The molecule has 1 N–H and O–H groups in total. The van der Waals surface area contributed by atoms with Gasteiger partial charge in [0.1, 0.15) is 0 Å². The molecule has 15 heavy (non-hydrogen) atoms. The van der Waals surface area contributed by atoms with Crippen LogP contribution in [0.5, 0.6) is 0 Å². The topological polar surface area (TPSA) is 12.0 Å². The van der Waals surface area contributed by atoms with E-state index in [1.165, 1.54) is 11.1 Å². The maximum absolute atomic E-state index is 3.82. The molecule has 1 heteroatoms. The molecule has 1 unspecified atom stereocenters. The molecule has 0 fully saturated rings. The average molecular weight is 203 g/mol. The third kappa shape index (κ3) is 3.21. The minimum absolute atomic E-state index is 0.420. The first-order chi connectivity index (χ1) is 7.33. The molecule has 1 atom stereocenters. The summed E-state index contributed by atoms with van der Waals surface area (Å²) in [6, 6.07) is 9.07. The van der Waals surface area contributed by atoms with Gasteiger partial charge in [0.15, 0.2) is 0 Å². The van der Waals surface area contributed by atoms with E-state index in [-0.39, 0.29) is 0 Å². The van der Waals surface area contributed by atoms with Gasteiger partial charge in [-0.05, 0) is 30.5 Å². The van der Waals surface area contributed by atoms with Crippen LogP contribution in [-0.4, -0.2) is 6.54 Å². The van der Waals surface area contributed by atoms with Crippen molar-refractivity contribution in [3.63, 3.8) is 0 Å². The Bertz CT molecular complexity index is 304. The second kappa shape index (κ2) is 6.41. The van der Waals surface area contributed by atoms with Crippen LogP contribution in [0.15, 0.2) is 36.9 Å². The van der Waals surface area contributed by atoms with Gasteiger partial charge in [-0.25, -0.2) is 0 Å². The molecule has 0 aliphatic carbocycles. The predicted molar refractivity (Wildman–Crippen MR) is 67.1 cm³/mol. The molecule has 0 aliphatic heterocycles. The molecule has 1 aromatic rings. The Labute approximate surface area is 93.2 Å². The zero-order chi connectivity index (χ0) is 11.1. The van der Waals surface area contributed by atoms with Crippen molar-refractivity contribution in [2.75, 3.05) is 6.54 Å². The van der Waals surface area contributed by atoms with Gasteiger partial charge in [0.2, 0.25) is 0 Å². The fourth-order valence-corrected chi connectivity index (χ4v) is 1.93. The van der Waals surface area contributed by atoms with Crippen LogP contribution in [0.1, 0.15) is 37.4 Å². The minimum atomic E-state index is 0.420. The monoisotopic (exact) mass is 203 g/mol. The van der Waals surface area contributed by atoms with Gasteiger partial charge in [0, 0.05) is 6.04 Å². The van der Waals surface area contributed by atoms with E-state index in [4.69, 9.17) is 0 Å². The largest absolute Gasteiger partial charge is 0.310 e. The van der Waals surface area contributed by atoms with Crippen LogP contribution in [-0.2, 0) is 6.42 Å². The minimum Gasteiger partial charge on any atom is -0.310 e. The number of rotatable bonds is 6. The Balaban J connectivity index is 2.92. The lowest BCUT2D eigenvalue weighted by Crippen LogP contribution is -2.21. The number of aryl methyl sites for hydroxylation is 1. The van der Waals surface area contributed by atoms with Gasteiger partial charge < -0.3 is 5.32 Å². The normalized spacial score (nSPS) is 12.4. The molecule has 0 aromatic heterocycles. The summed E-state index contributed by atoms with van der Waals surface area (Å²) in [4.78, 5) is 0. The van der Waals surface area contributed by atoms with Crippen molar-refractivity contribution < 1.29 is 0 Å². The second-order valence-electron chi connectivity index (χ2n) is 3.69. The average Bonchev–Trinajstić information content (AvgIpc) is 2.29. The second-order valence-corrected chi connectivity index (χ2v) is 3.69. The van der Waals surface area contributed by atoms with E-state index in [0.29, 0.717) is 6.04 Å². The Morgan fingerprint density at radius 1 is 1.33 bits per heavy atom. The molecule has 0 spiro atoms. The summed E-state index contributed by atoms with van der Waals surface area (Å²) >= 11 is 0. The summed E-state index contributed by atoms with van der Waals surface area (Å²) in [5.74, 6) is 0. The first-order valence-electron chi connectivity index (χ1n) is 5.75. The summed E-state index contributed by atoms with van der Waals surface area (Å²) in [7, 11) is 0. The Morgan fingerprint density at radius 2 is 2.07 bits per heavy atom. The van der Waals surface area contributed by atoms with E-state index >= 15 is 0 Å². The quantitative estimate of drug-likeness (QED) is 0.698. The molecule has 0 aliphatic rings. The Hall–Kier alpha value is -1.08. The van der Waals surface area contributed by atoms with Crippen molar-refractivity contribution >= 4 is 0 Å². The van der Waals surface area contributed by atoms with Gasteiger partial charge in [-0.2, -0.15) is 0 Å². The number of nitrogens with one attached hydrogen (secondary N) is 1. The Morgan fingerprint density at radius 3 is 2.67 bits per heavy atom. The molecule has 82 valence electrons. The fraction of sp³-hybridized carbons (Fsp3) is 0.429. The smallest absolute Gasteiger partial charge is 0.0357 e. The van der Waals surface area contributed by atoms with Crippen LogP contribution in [0.3, 0.4) is 0 Å². The molecule has 0 radical (unpaired) electrons. The van der Waals surface area contributed by atoms with Gasteiger partial charge >= 0.3 is 0 Å². The summed E-state index contributed by atoms with van der Waals surface area (Å²) in [6.07, 6.45) is 4.07. The van der Waals surface area contributed by atoms with E-state index in [1.54, 1.807) is 0 Å². The first-order valence-corrected chi connectivity index (χ1v) is 5.75. The molecule has 0 bridgehead atoms. The fourth-order valence-electron chi connectivity index (χ4n) is 1.93. The summed E-state index contributed by atoms with van der Waals surface area (Å²) < 4.78 is 0. The van der Waals surface area contributed by atoms with E-state index in [9.17, 15) is 0 Å². The molecule has 0 amide bonds. The summed E-state index contributed by atoms with van der Waals surface area (Å²) in [5.41, 5.74) is 2.85. The van der Waals surface area contributed by atoms with E-state index < -0.39 is 0 Å². The lowest BCUT2D eigenvalue weighted by Gasteiger charge is -2.19. The molecule has 1 rings (SSSR count). The maximum Gasteiger partial charge on any atom is 0.0357 e. The van der Waals surface area contributed by atoms with Crippen molar-refractivity contribution in [1.29, 1.82) is 0 Å². The van der Waals surface area contributed by atoms with Gasteiger partial charge in [-0.1, -0.05) is 44.2 Å². The molecule has 1 aromatic carbocycles. The number of hydrogen-bond acceptors (Lipinski definition) is 1. The molecule has 0 saturated heterocycles. The third-order valence-corrected chi connectivity index (χ3v) is 2.66. The summed E-state index contributed by atoms with van der Waals surface area (Å²) in [5, 5.41) is 3.50. The molecular formula is C14H21N. The van der Waals surface area contributed by atoms with Crippen molar-refractivity contribution in [1.82, 2.24) is 5.32 Å². The standard InChI is InChI=1S/C14H21N/c1-4-9-14(15-6-3)13-11-8-7-10-12(13)5-2/h4,7-8,10-11,14-15H,1,5-6,9H2,2-3H3. The lowest BCUT2D eigenvalue weighted by molar-refractivity contribution is 0.555. The zero-order valence-corrected chi connectivity index (χ0v) is 9.79. The van der Waals surface area contributed by atoms with Crippen LogP contribution in [0.2, 0.25) is 0 Å². The number of hydrogen-bond donors (Lipinski definition) is 1. The van der Waals surface area contributed by atoms with Gasteiger partial charge in [0.25, 0.3) is 0 Å². The van der Waals surface area contributed by atoms with Crippen molar-refractivity contribution in [2.45, 2.75) is 32.7 Å². The van der Waals surface area contributed by atoms with Gasteiger partial charge in [-0.15, -0.1) is 6.58 Å². The van der Waals surface area contributed by atoms with Crippen LogP contribution < -0.4 is 5.32 Å². The molecule has 0 heterocycles. The third-order valence-electron chi connectivity index (χ3n) is 2.66. The number of benzene rings is 1. The van der Waals surface area contributed by atoms with Crippen LogP contribution in [0, 0.1) is 0 Å². The van der Waals surface area contributed by atoms with Crippen LogP contribution >= 0.6 is 0 Å². The van der Waals surface area contributed by atoms with Gasteiger partial charge in [-0.3, -0.25) is 0 Å². The highest BCUT2D eigenvalue weighted by Crippen LogP contribution is 2.21. The molecular weight excluding hydrogens is 182 g/mol. The predicted octanol–water partition coefficient (Wildman–Crippen LogP) is 3.48. The van der Waals surface area contributed by atoms with E-state index in [1.807, 2.05) is 6.08 Å². The maximum atomic E-state index is 3.82. The molecule has 0 saturated carbocycles. The van der Waals surface area contributed by atoms with E-state index in [0.717, 1.165) is 19.4 Å². The van der Waals surface area contributed by atoms with Crippen molar-refractivity contribution in [3.8, 4) is 0 Å². The zero-order valence-electron chi connectivity index (χ0n) is 9.79. The SMILES string of the molecule is C=CCC(NCC)c1ccccc1CC. The van der Waals surface area contributed by atoms with Gasteiger partial charge in [0.05, 0.1) is 0 Å². The highest BCUT2D eigenvalue weighted by molar-refractivity contribution is 5.30. The van der Waals surface area contributed by atoms with Crippen LogP contribution in [0.4, 0.5) is 0 Å². The first kappa shape index (κ1) is 12.0. The Kier molecular flexibility index (Phi) is 5.13. The van der Waals surface area contributed by atoms with Crippen molar-refractivity contribution in [2.24, 2.45) is 0 Å². The lowest BCUT2D eigenvalue weighted by atomic mass is 9.96. The summed E-state index contributed by atoms with van der Waals surface area (Å²) in [6.45, 7) is 9.17. The van der Waals surface area contributed by atoms with Crippen molar-refractivity contribution in [3.05, 3.63) is 48.0 Å². The highest BCUT2D eigenvalue weighted by Gasteiger charge is 2.10. The van der Waals surface area contributed by atoms with Crippen LogP contribution in [0.25, 0.3) is 0 Å². The molecule has 1 nitrogen and oxygen atoms in total.